The van der Waals surface area contributed by atoms with Crippen molar-refractivity contribution in [3.63, 3.8) is 0 Å². The summed E-state index contributed by atoms with van der Waals surface area (Å²) >= 11 is 0. The third-order valence-electron chi connectivity index (χ3n) is 3.30. The third kappa shape index (κ3) is 3.42. The van der Waals surface area contributed by atoms with Crippen LogP contribution in [0, 0.1) is 0 Å². The maximum atomic E-state index is 12.0. The number of amides is 1. The first-order valence-electron chi connectivity index (χ1n) is 7.13. The highest BCUT2D eigenvalue weighted by molar-refractivity contribution is 5.94. The minimum Gasteiger partial charge on any atom is -0.467 e. The van der Waals surface area contributed by atoms with E-state index in [1.807, 2.05) is 18.2 Å². The lowest BCUT2D eigenvalue weighted by Crippen LogP contribution is -2.35. The Morgan fingerprint density at radius 3 is 2.78 bits per heavy atom. The monoisotopic (exact) mass is 313 g/mol. The molecule has 23 heavy (non-hydrogen) atoms. The number of nitrogens with one attached hydrogen (secondary N) is 1. The van der Waals surface area contributed by atoms with Crippen molar-refractivity contribution in [2.45, 2.75) is 19.6 Å². The summed E-state index contributed by atoms with van der Waals surface area (Å²) in [6.45, 7) is 1.73. The fraction of sp³-hybridized carbons (Fsp3) is 0.176. The van der Waals surface area contributed by atoms with Crippen molar-refractivity contribution < 1.29 is 23.2 Å². The lowest BCUT2D eigenvalue weighted by Gasteiger charge is -2.11. The number of ether oxygens (including phenoxy) is 1. The molecule has 0 saturated carbocycles. The van der Waals surface area contributed by atoms with Crippen LogP contribution in [-0.4, -0.2) is 18.0 Å². The van der Waals surface area contributed by atoms with Crippen LogP contribution in [0.4, 0.5) is 0 Å². The van der Waals surface area contributed by atoms with Crippen molar-refractivity contribution >= 4 is 22.8 Å². The largest absolute Gasteiger partial charge is 0.467 e. The lowest BCUT2D eigenvalue weighted by molar-refractivity contribution is -0.129. The van der Waals surface area contributed by atoms with E-state index in [1.54, 1.807) is 24.3 Å². The standard InChI is InChI=1S/C17H15NO5/c1-11(16(19)18-10-13-6-4-8-21-13)22-17(20)15-9-12-5-2-3-7-14(12)23-15/h2-9,11H,10H2,1H3,(H,18,19)/t11-/m0/s1. The van der Waals surface area contributed by atoms with Crippen molar-refractivity contribution in [2.24, 2.45) is 0 Å². The zero-order valence-corrected chi connectivity index (χ0v) is 12.4. The summed E-state index contributed by atoms with van der Waals surface area (Å²) in [4.78, 5) is 24.0. The number of para-hydroxylation sites is 1. The van der Waals surface area contributed by atoms with Crippen LogP contribution >= 0.6 is 0 Å². The Labute approximate surface area is 132 Å². The molecule has 0 unspecified atom stereocenters. The Morgan fingerprint density at radius 2 is 2.04 bits per heavy atom. The van der Waals surface area contributed by atoms with Gasteiger partial charge in [0.15, 0.2) is 6.10 Å². The first-order chi connectivity index (χ1) is 11.1. The van der Waals surface area contributed by atoms with Gasteiger partial charge in [0.1, 0.15) is 11.3 Å². The second-order valence-corrected chi connectivity index (χ2v) is 4.99. The van der Waals surface area contributed by atoms with Crippen LogP contribution in [0.15, 0.2) is 57.6 Å². The SMILES string of the molecule is C[C@H](OC(=O)c1cc2ccccc2o1)C(=O)NCc1ccco1. The van der Waals surface area contributed by atoms with Crippen LogP contribution in [0.3, 0.4) is 0 Å². The summed E-state index contributed by atoms with van der Waals surface area (Å²) < 4.78 is 15.6. The molecular weight excluding hydrogens is 298 g/mol. The molecule has 1 N–H and O–H groups in total. The van der Waals surface area contributed by atoms with Gasteiger partial charge in [0.2, 0.25) is 5.76 Å². The molecule has 118 valence electrons. The zero-order chi connectivity index (χ0) is 16.2. The van der Waals surface area contributed by atoms with Gasteiger partial charge in [0, 0.05) is 5.39 Å². The van der Waals surface area contributed by atoms with Crippen molar-refractivity contribution in [2.75, 3.05) is 0 Å². The number of hydrogen-bond donors (Lipinski definition) is 1. The number of furan rings is 2. The highest BCUT2D eigenvalue weighted by Crippen LogP contribution is 2.19. The molecule has 0 aliphatic heterocycles. The van der Waals surface area contributed by atoms with Gasteiger partial charge in [-0.2, -0.15) is 0 Å². The zero-order valence-electron chi connectivity index (χ0n) is 12.4. The van der Waals surface area contributed by atoms with E-state index in [0.29, 0.717) is 11.3 Å². The molecule has 2 heterocycles. The highest BCUT2D eigenvalue weighted by Gasteiger charge is 2.21. The Morgan fingerprint density at radius 1 is 1.22 bits per heavy atom. The van der Waals surface area contributed by atoms with Gasteiger partial charge in [-0.25, -0.2) is 4.79 Å². The number of esters is 1. The van der Waals surface area contributed by atoms with E-state index in [2.05, 4.69) is 5.32 Å². The molecule has 3 rings (SSSR count). The Balaban J connectivity index is 1.58. The Kier molecular flexibility index (Phi) is 4.14. The summed E-state index contributed by atoms with van der Waals surface area (Å²) in [7, 11) is 0. The van der Waals surface area contributed by atoms with E-state index >= 15 is 0 Å². The smallest absolute Gasteiger partial charge is 0.375 e. The average molecular weight is 313 g/mol. The topological polar surface area (TPSA) is 81.7 Å². The lowest BCUT2D eigenvalue weighted by atomic mass is 10.2. The molecule has 6 heteroatoms. The number of fused-ring (bicyclic) bond motifs is 1. The van der Waals surface area contributed by atoms with E-state index in [9.17, 15) is 9.59 Å². The molecule has 2 aromatic heterocycles. The number of carbonyl (C=O) groups excluding carboxylic acids is 2. The number of rotatable bonds is 5. The summed E-state index contributed by atoms with van der Waals surface area (Å²) in [6.07, 6.45) is 0.581. The first-order valence-corrected chi connectivity index (χ1v) is 7.13. The summed E-state index contributed by atoms with van der Waals surface area (Å²) in [5, 5.41) is 3.43. The predicted molar refractivity (Wildman–Crippen MR) is 81.6 cm³/mol. The van der Waals surface area contributed by atoms with Crippen molar-refractivity contribution in [1.82, 2.24) is 5.32 Å². The molecule has 1 atom stereocenters. The maximum absolute atomic E-state index is 12.0. The van der Waals surface area contributed by atoms with E-state index < -0.39 is 18.0 Å². The van der Waals surface area contributed by atoms with Crippen molar-refractivity contribution in [1.29, 1.82) is 0 Å². The van der Waals surface area contributed by atoms with Crippen LogP contribution in [0.25, 0.3) is 11.0 Å². The quantitative estimate of drug-likeness (QED) is 0.732. The molecule has 1 amide bonds. The minimum atomic E-state index is -0.939. The molecule has 6 nitrogen and oxygen atoms in total. The normalized spacial score (nSPS) is 12.0. The van der Waals surface area contributed by atoms with Crippen LogP contribution in [0.5, 0.6) is 0 Å². The summed E-state index contributed by atoms with van der Waals surface area (Å²) in [5.74, 6) is -0.404. The molecule has 0 aliphatic carbocycles. The van der Waals surface area contributed by atoms with Crippen LogP contribution in [-0.2, 0) is 16.1 Å². The van der Waals surface area contributed by atoms with Gasteiger partial charge in [-0.1, -0.05) is 18.2 Å². The molecule has 0 spiro atoms. The molecular formula is C17H15NO5. The number of hydrogen-bond acceptors (Lipinski definition) is 5. The van der Waals surface area contributed by atoms with E-state index in [1.165, 1.54) is 13.2 Å². The van der Waals surface area contributed by atoms with Crippen LogP contribution in [0.1, 0.15) is 23.2 Å². The maximum Gasteiger partial charge on any atom is 0.375 e. The number of benzene rings is 1. The summed E-state index contributed by atoms with van der Waals surface area (Å²) in [6, 6.07) is 12.3. The third-order valence-corrected chi connectivity index (χ3v) is 3.30. The fourth-order valence-corrected chi connectivity index (χ4v) is 2.09. The molecule has 0 fully saturated rings. The molecule has 1 aromatic carbocycles. The molecule has 3 aromatic rings. The van der Waals surface area contributed by atoms with E-state index in [4.69, 9.17) is 13.6 Å². The van der Waals surface area contributed by atoms with Gasteiger partial charge in [0.25, 0.3) is 5.91 Å². The number of carbonyl (C=O) groups is 2. The second kappa shape index (κ2) is 6.39. The molecule has 0 aliphatic rings. The second-order valence-electron chi connectivity index (χ2n) is 4.99. The van der Waals surface area contributed by atoms with Crippen LogP contribution in [0.2, 0.25) is 0 Å². The fourth-order valence-electron chi connectivity index (χ4n) is 2.09. The first kappa shape index (κ1) is 14.9. The molecule has 0 radical (unpaired) electrons. The van der Waals surface area contributed by atoms with Gasteiger partial charge in [-0.3, -0.25) is 4.79 Å². The Bertz CT molecular complexity index is 786. The van der Waals surface area contributed by atoms with Crippen molar-refractivity contribution in [3.8, 4) is 0 Å². The average Bonchev–Trinajstić information content (AvgIpc) is 3.21. The van der Waals surface area contributed by atoms with E-state index in [0.717, 1.165) is 5.39 Å². The van der Waals surface area contributed by atoms with E-state index in [-0.39, 0.29) is 12.3 Å². The Hall–Kier alpha value is -3.02. The van der Waals surface area contributed by atoms with Crippen molar-refractivity contribution in [3.05, 3.63) is 60.2 Å². The van der Waals surface area contributed by atoms with Crippen LogP contribution < -0.4 is 5.32 Å². The van der Waals surface area contributed by atoms with Gasteiger partial charge in [-0.15, -0.1) is 0 Å². The molecule has 0 saturated heterocycles. The van der Waals surface area contributed by atoms with Gasteiger partial charge < -0.3 is 18.9 Å². The van der Waals surface area contributed by atoms with Gasteiger partial charge in [-0.05, 0) is 31.2 Å². The van der Waals surface area contributed by atoms with Gasteiger partial charge in [0.05, 0.1) is 12.8 Å². The minimum absolute atomic E-state index is 0.0666. The summed E-state index contributed by atoms with van der Waals surface area (Å²) in [5.41, 5.74) is 0.592. The molecule has 0 bridgehead atoms. The predicted octanol–water partition coefficient (Wildman–Crippen LogP) is 2.89. The highest BCUT2D eigenvalue weighted by atomic mass is 16.6. The van der Waals surface area contributed by atoms with Gasteiger partial charge >= 0.3 is 5.97 Å².